The van der Waals surface area contributed by atoms with Crippen LogP contribution < -0.4 is 15.5 Å². The van der Waals surface area contributed by atoms with E-state index < -0.39 is 11.1 Å². The number of nitrogens with zero attached hydrogens (tertiary/aromatic N) is 3. The lowest BCUT2D eigenvalue weighted by molar-refractivity contribution is -0.384. The lowest BCUT2D eigenvalue weighted by Gasteiger charge is -2.38. The van der Waals surface area contributed by atoms with Gasteiger partial charge in [0.05, 0.1) is 10.5 Å². The summed E-state index contributed by atoms with van der Waals surface area (Å²) in [7, 11) is 1.63. The highest BCUT2D eigenvalue weighted by Crippen LogP contribution is 2.38. The molecule has 8 heteroatoms. The van der Waals surface area contributed by atoms with E-state index in [1.807, 2.05) is 12.1 Å². The summed E-state index contributed by atoms with van der Waals surface area (Å²) in [6.07, 6.45) is 2.61. The van der Waals surface area contributed by atoms with Crippen LogP contribution in [0, 0.1) is 10.1 Å². The number of amides is 1. The summed E-state index contributed by atoms with van der Waals surface area (Å²) in [5.41, 5.74) is 2.83. The third-order valence-electron chi connectivity index (χ3n) is 4.67. The van der Waals surface area contributed by atoms with Crippen molar-refractivity contribution in [2.45, 2.75) is 6.17 Å². The second kappa shape index (κ2) is 6.99. The SMILES string of the molecule is CNc1ccc([C@@H]2Nc3ccccc3C(=O)N2c2ccncc2)cc1[N+](=O)[O-]. The van der Waals surface area contributed by atoms with E-state index in [1.54, 1.807) is 60.7 Å². The van der Waals surface area contributed by atoms with Crippen molar-refractivity contribution in [2.75, 3.05) is 22.6 Å². The van der Waals surface area contributed by atoms with Crippen molar-refractivity contribution in [3.05, 3.63) is 88.2 Å². The first-order valence-corrected chi connectivity index (χ1v) is 8.65. The van der Waals surface area contributed by atoms with Gasteiger partial charge in [-0.2, -0.15) is 0 Å². The van der Waals surface area contributed by atoms with Crippen molar-refractivity contribution in [3.63, 3.8) is 0 Å². The van der Waals surface area contributed by atoms with Crippen molar-refractivity contribution < 1.29 is 9.72 Å². The molecule has 1 amide bonds. The van der Waals surface area contributed by atoms with E-state index in [0.29, 0.717) is 28.2 Å². The van der Waals surface area contributed by atoms with Gasteiger partial charge in [0.1, 0.15) is 11.9 Å². The maximum absolute atomic E-state index is 13.3. The molecule has 2 N–H and O–H groups in total. The Morgan fingerprint density at radius 1 is 1.14 bits per heavy atom. The monoisotopic (exact) mass is 375 g/mol. The fourth-order valence-electron chi connectivity index (χ4n) is 3.34. The average molecular weight is 375 g/mol. The molecule has 3 aromatic rings. The number of rotatable bonds is 4. The Morgan fingerprint density at radius 2 is 1.89 bits per heavy atom. The second-order valence-corrected chi connectivity index (χ2v) is 6.26. The predicted molar refractivity (Wildman–Crippen MR) is 106 cm³/mol. The van der Waals surface area contributed by atoms with Gasteiger partial charge in [-0.1, -0.05) is 18.2 Å². The van der Waals surface area contributed by atoms with E-state index in [0.717, 1.165) is 0 Å². The molecule has 140 valence electrons. The largest absolute Gasteiger partial charge is 0.383 e. The van der Waals surface area contributed by atoms with Gasteiger partial charge in [-0.05, 0) is 30.3 Å². The van der Waals surface area contributed by atoms with Crippen molar-refractivity contribution in [1.82, 2.24) is 4.98 Å². The number of hydrogen-bond acceptors (Lipinski definition) is 6. The van der Waals surface area contributed by atoms with Crippen LogP contribution in [-0.2, 0) is 0 Å². The molecule has 4 rings (SSSR count). The molecule has 1 atom stereocenters. The van der Waals surface area contributed by atoms with Gasteiger partial charge in [0.25, 0.3) is 11.6 Å². The molecule has 1 aliphatic heterocycles. The number of anilines is 3. The molecular formula is C20H17N5O3. The van der Waals surface area contributed by atoms with Crippen molar-refractivity contribution in [2.24, 2.45) is 0 Å². The summed E-state index contributed by atoms with van der Waals surface area (Å²) < 4.78 is 0. The first-order valence-electron chi connectivity index (χ1n) is 8.65. The van der Waals surface area contributed by atoms with Crippen LogP contribution in [0.25, 0.3) is 0 Å². The molecule has 0 fully saturated rings. The molecule has 0 unspecified atom stereocenters. The molecule has 0 saturated heterocycles. The van der Waals surface area contributed by atoms with E-state index in [-0.39, 0.29) is 11.6 Å². The molecule has 1 aliphatic rings. The molecular weight excluding hydrogens is 358 g/mol. The van der Waals surface area contributed by atoms with E-state index in [2.05, 4.69) is 15.6 Å². The van der Waals surface area contributed by atoms with Crippen LogP contribution in [0.4, 0.5) is 22.7 Å². The van der Waals surface area contributed by atoms with Gasteiger partial charge < -0.3 is 10.6 Å². The quantitative estimate of drug-likeness (QED) is 0.531. The molecule has 2 aromatic carbocycles. The smallest absolute Gasteiger partial charge is 0.292 e. The Balaban J connectivity index is 1.87. The summed E-state index contributed by atoms with van der Waals surface area (Å²) >= 11 is 0. The minimum atomic E-state index is -0.602. The van der Waals surface area contributed by atoms with E-state index in [9.17, 15) is 14.9 Å². The molecule has 0 bridgehead atoms. The van der Waals surface area contributed by atoms with Crippen molar-refractivity contribution in [3.8, 4) is 0 Å². The van der Waals surface area contributed by atoms with E-state index in [4.69, 9.17) is 0 Å². The molecule has 0 aliphatic carbocycles. The van der Waals surface area contributed by atoms with E-state index >= 15 is 0 Å². The number of nitrogens with one attached hydrogen (secondary N) is 2. The standard InChI is InChI=1S/C20H17N5O3/c1-21-17-7-6-13(12-18(17)25(27)28)19-23-16-5-3-2-4-15(16)20(26)24(19)14-8-10-22-11-9-14/h2-12,19,21,23H,1H3/t19-/m1/s1. The summed E-state index contributed by atoms with van der Waals surface area (Å²) in [6.45, 7) is 0. The second-order valence-electron chi connectivity index (χ2n) is 6.26. The van der Waals surface area contributed by atoms with Crippen LogP contribution in [0.1, 0.15) is 22.1 Å². The Hall–Kier alpha value is -3.94. The minimum Gasteiger partial charge on any atom is -0.383 e. The molecule has 0 saturated carbocycles. The van der Waals surface area contributed by atoms with E-state index in [1.165, 1.54) is 6.07 Å². The number of fused-ring (bicyclic) bond motifs is 1. The highest BCUT2D eigenvalue weighted by Gasteiger charge is 2.34. The number of carbonyl (C=O) groups excluding carboxylic acids is 1. The Labute approximate surface area is 161 Å². The van der Waals surface area contributed by atoms with Gasteiger partial charge >= 0.3 is 0 Å². The summed E-state index contributed by atoms with van der Waals surface area (Å²) in [5.74, 6) is -0.189. The van der Waals surface area contributed by atoms with Crippen LogP contribution >= 0.6 is 0 Å². The molecule has 0 spiro atoms. The van der Waals surface area contributed by atoms with Gasteiger partial charge in [0.15, 0.2) is 0 Å². The van der Waals surface area contributed by atoms with Crippen molar-refractivity contribution in [1.29, 1.82) is 0 Å². The molecule has 28 heavy (non-hydrogen) atoms. The first-order chi connectivity index (χ1) is 13.6. The van der Waals surface area contributed by atoms with Crippen LogP contribution in [-0.4, -0.2) is 22.9 Å². The number of aromatic nitrogens is 1. The van der Waals surface area contributed by atoms with Crippen LogP contribution in [0.5, 0.6) is 0 Å². The van der Waals surface area contributed by atoms with Crippen molar-refractivity contribution >= 4 is 28.7 Å². The fraction of sp³-hybridized carbons (Fsp3) is 0.100. The van der Waals surface area contributed by atoms with Crippen LogP contribution in [0.15, 0.2) is 67.0 Å². The number of carbonyl (C=O) groups is 1. The topological polar surface area (TPSA) is 100 Å². The highest BCUT2D eigenvalue weighted by atomic mass is 16.6. The van der Waals surface area contributed by atoms with Crippen LogP contribution in [0.3, 0.4) is 0 Å². The van der Waals surface area contributed by atoms with Gasteiger partial charge in [-0.25, -0.2) is 0 Å². The lowest BCUT2D eigenvalue weighted by atomic mass is 10.0. The average Bonchev–Trinajstić information content (AvgIpc) is 2.73. The lowest BCUT2D eigenvalue weighted by Crippen LogP contribution is -2.43. The summed E-state index contributed by atoms with van der Waals surface area (Å²) in [5, 5.41) is 17.6. The maximum atomic E-state index is 13.3. The minimum absolute atomic E-state index is 0.0530. The predicted octanol–water partition coefficient (Wildman–Crippen LogP) is 3.80. The molecule has 0 radical (unpaired) electrons. The maximum Gasteiger partial charge on any atom is 0.292 e. The van der Waals surface area contributed by atoms with Crippen LogP contribution in [0.2, 0.25) is 0 Å². The summed E-state index contributed by atoms with van der Waals surface area (Å²) in [6, 6.07) is 15.6. The van der Waals surface area contributed by atoms with Gasteiger partial charge in [-0.3, -0.25) is 24.8 Å². The normalized spacial score (nSPS) is 15.5. The number of nitro benzene ring substituents is 1. The first kappa shape index (κ1) is 17.5. The Bertz CT molecular complexity index is 1050. The number of benzene rings is 2. The zero-order chi connectivity index (χ0) is 19.7. The van der Waals surface area contributed by atoms with Gasteiger partial charge in [-0.15, -0.1) is 0 Å². The third-order valence-corrected chi connectivity index (χ3v) is 4.67. The Morgan fingerprint density at radius 3 is 2.61 bits per heavy atom. The Kier molecular flexibility index (Phi) is 4.36. The summed E-state index contributed by atoms with van der Waals surface area (Å²) in [4.78, 5) is 29.9. The zero-order valence-corrected chi connectivity index (χ0v) is 15.0. The fourth-order valence-corrected chi connectivity index (χ4v) is 3.34. The highest BCUT2D eigenvalue weighted by molar-refractivity contribution is 6.12. The number of para-hydroxylation sites is 1. The number of nitro groups is 1. The zero-order valence-electron chi connectivity index (χ0n) is 15.0. The molecule has 2 heterocycles. The third kappa shape index (κ3) is 2.90. The number of pyridine rings is 1. The van der Waals surface area contributed by atoms with Gasteiger partial charge in [0.2, 0.25) is 0 Å². The molecule has 1 aromatic heterocycles. The molecule has 8 nitrogen and oxygen atoms in total. The number of hydrogen-bond donors (Lipinski definition) is 2. The van der Waals surface area contributed by atoms with Gasteiger partial charge in [0, 0.05) is 42.4 Å².